The average Bonchev–Trinajstić information content (AvgIpc) is 2.97. The lowest BCUT2D eigenvalue weighted by molar-refractivity contribution is 0.0370. The Balaban J connectivity index is 1.70. The Morgan fingerprint density at radius 3 is 2.57 bits per heavy atom. The fourth-order valence-corrected chi connectivity index (χ4v) is 4.36. The van der Waals surface area contributed by atoms with Gasteiger partial charge in [0.1, 0.15) is 0 Å². The lowest BCUT2D eigenvalue weighted by Gasteiger charge is -2.37. The third-order valence-corrected chi connectivity index (χ3v) is 5.76. The second-order valence-electron chi connectivity index (χ2n) is 6.92. The van der Waals surface area contributed by atoms with Crippen LogP contribution >= 0.6 is 0 Å². The van der Waals surface area contributed by atoms with E-state index in [4.69, 9.17) is 0 Å². The summed E-state index contributed by atoms with van der Waals surface area (Å²) in [5, 5.41) is 10.8. The number of aliphatic hydroxyl groups excluding tert-OH is 1. The number of rotatable bonds is 4. The van der Waals surface area contributed by atoms with Crippen LogP contribution in [0.25, 0.3) is 0 Å². The molecular formula is C19H29NO. The van der Waals surface area contributed by atoms with Gasteiger partial charge in [-0.15, -0.1) is 0 Å². The molecule has 1 aromatic rings. The lowest BCUT2D eigenvalue weighted by atomic mass is 9.84. The predicted octanol–water partition coefficient (Wildman–Crippen LogP) is 3.94. The van der Waals surface area contributed by atoms with Crippen molar-refractivity contribution in [2.75, 3.05) is 6.54 Å². The molecule has 2 heteroatoms. The third-order valence-electron chi connectivity index (χ3n) is 5.76. The maximum absolute atomic E-state index is 10.8. The molecule has 21 heavy (non-hydrogen) atoms. The van der Waals surface area contributed by atoms with Crippen molar-refractivity contribution >= 4 is 0 Å². The van der Waals surface area contributed by atoms with Crippen LogP contribution < -0.4 is 0 Å². The van der Waals surface area contributed by atoms with Crippen LogP contribution in [0, 0.1) is 5.92 Å². The predicted molar refractivity (Wildman–Crippen MR) is 87.3 cm³/mol. The van der Waals surface area contributed by atoms with Crippen molar-refractivity contribution in [2.45, 2.75) is 70.6 Å². The summed E-state index contributed by atoms with van der Waals surface area (Å²) in [7, 11) is 0. The quantitative estimate of drug-likeness (QED) is 0.907. The van der Waals surface area contributed by atoms with E-state index in [0.29, 0.717) is 0 Å². The molecule has 0 radical (unpaired) electrons. The Bertz CT molecular complexity index is 455. The molecule has 0 aromatic heterocycles. The molecule has 1 saturated heterocycles. The van der Waals surface area contributed by atoms with Gasteiger partial charge < -0.3 is 5.11 Å². The van der Waals surface area contributed by atoms with Crippen LogP contribution in [0.2, 0.25) is 0 Å². The monoisotopic (exact) mass is 287 g/mol. The highest BCUT2D eigenvalue weighted by molar-refractivity contribution is 5.25. The van der Waals surface area contributed by atoms with Gasteiger partial charge in [0.05, 0.1) is 6.10 Å². The van der Waals surface area contributed by atoms with Crippen molar-refractivity contribution in [3.05, 3.63) is 35.4 Å². The highest BCUT2D eigenvalue weighted by Crippen LogP contribution is 2.39. The molecule has 4 atom stereocenters. The molecule has 0 bridgehead atoms. The summed E-state index contributed by atoms with van der Waals surface area (Å²) in [4.78, 5) is 2.59. The van der Waals surface area contributed by atoms with Crippen molar-refractivity contribution in [2.24, 2.45) is 5.92 Å². The SMILES string of the molecule is CCc1ccc(C(O)C(C)N2CCC3CCCCC32)cc1. The van der Waals surface area contributed by atoms with Crippen LogP contribution in [-0.4, -0.2) is 28.6 Å². The number of likely N-dealkylation sites (tertiary alicyclic amines) is 1. The summed E-state index contributed by atoms with van der Waals surface area (Å²) in [6.07, 6.45) is 7.52. The summed E-state index contributed by atoms with van der Waals surface area (Å²) < 4.78 is 0. The summed E-state index contributed by atoms with van der Waals surface area (Å²) in [5.41, 5.74) is 2.41. The first kappa shape index (κ1) is 15.1. The Hall–Kier alpha value is -0.860. The number of hydrogen-bond donors (Lipinski definition) is 1. The molecule has 1 saturated carbocycles. The van der Waals surface area contributed by atoms with Gasteiger partial charge in [-0.1, -0.05) is 44.0 Å². The maximum Gasteiger partial charge on any atom is 0.0942 e. The van der Waals surface area contributed by atoms with Gasteiger partial charge in [0.25, 0.3) is 0 Å². The van der Waals surface area contributed by atoms with Gasteiger partial charge in [-0.25, -0.2) is 0 Å². The summed E-state index contributed by atoms with van der Waals surface area (Å²) in [6.45, 7) is 5.54. The first-order valence-electron chi connectivity index (χ1n) is 8.73. The zero-order chi connectivity index (χ0) is 14.8. The normalized spacial score (nSPS) is 29.1. The average molecular weight is 287 g/mol. The highest BCUT2D eigenvalue weighted by Gasteiger charge is 2.39. The number of benzene rings is 1. The molecule has 0 spiro atoms. The standard InChI is InChI=1S/C19H29NO/c1-3-15-8-10-17(11-9-15)19(21)14(2)20-13-12-16-6-4-5-7-18(16)20/h8-11,14,16,18-19,21H,3-7,12-13H2,1-2H3. The van der Waals surface area contributed by atoms with Gasteiger partial charge in [-0.3, -0.25) is 4.90 Å². The first-order chi connectivity index (χ1) is 10.2. The van der Waals surface area contributed by atoms with E-state index in [9.17, 15) is 5.11 Å². The fourth-order valence-electron chi connectivity index (χ4n) is 4.36. The van der Waals surface area contributed by atoms with E-state index >= 15 is 0 Å². The molecule has 2 fully saturated rings. The van der Waals surface area contributed by atoms with Crippen molar-refractivity contribution in [1.82, 2.24) is 4.90 Å². The van der Waals surface area contributed by atoms with Crippen molar-refractivity contribution in [1.29, 1.82) is 0 Å². The van der Waals surface area contributed by atoms with Crippen LogP contribution in [0.15, 0.2) is 24.3 Å². The molecule has 116 valence electrons. The minimum absolute atomic E-state index is 0.227. The molecule has 4 unspecified atom stereocenters. The van der Waals surface area contributed by atoms with E-state index in [-0.39, 0.29) is 12.1 Å². The van der Waals surface area contributed by atoms with Gasteiger partial charge in [-0.2, -0.15) is 0 Å². The zero-order valence-corrected chi connectivity index (χ0v) is 13.5. The van der Waals surface area contributed by atoms with Crippen molar-refractivity contribution < 1.29 is 5.11 Å². The van der Waals surface area contributed by atoms with Gasteiger partial charge in [0.2, 0.25) is 0 Å². The molecule has 3 rings (SSSR count). The van der Waals surface area contributed by atoms with E-state index in [0.717, 1.165) is 23.9 Å². The Morgan fingerprint density at radius 1 is 1.14 bits per heavy atom. The number of nitrogens with zero attached hydrogens (tertiary/aromatic N) is 1. The zero-order valence-electron chi connectivity index (χ0n) is 13.5. The van der Waals surface area contributed by atoms with E-state index in [1.54, 1.807) is 0 Å². The van der Waals surface area contributed by atoms with Crippen LogP contribution in [0.5, 0.6) is 0 Å². The fraction of sp³-hybridized carbons (Fsp3) is 0.684. The van der Waals surface area contributed by atoms with Crippen LogP contribution in [0.1, 0.15) is 63.2 Å². The van der Waals surface area contributed by atoms with Crippen LogP contribution in [0.3, 0.4) is 0 Å². The van der Waals surface area contributed by atoms with Crippen molar-refractivity contribution in [3.8, 4) is 0 Å². The molecule has 1 heterocycles. The van der Waals surface area contributed by atoms with Crippen LogP contribution in [0.4, 0.5) is 0 Å². The first-order valence-corrected chi connectivity index (χ1v) is 8.73. The van der Waals surface area contributed by atoms with Gasteiger partial charge in [0, 0.05) is 12.1 Å². The van der Waals surface area contributed by atoms with Gasteiger partial charge >= 0.3 is 0 Å². The van der Waals surface area contributed by atoms with E-state index in [1.165, 1.54) is 44.2 Å². The Kier molecular flexibility index (Phi) is 4.66. The molecule has 1 aliphatic heterocycles. The smallest absolute Gasteiger partial charge is 0.0942 e. The number of hydrogen-bond acceptors (Lipinski definition) is 2. The van der Waals surface area contributed by atoms with Gasteiger partial charge in [0.15, 0.2) is 0 Å². The molecular weight excluding hydrogens is 258 g/mol. The molecule has 1 aromatic carbocycles. The number of aliphatic hydroxyl groups is 1. The molecule has 1 N–H and O–H groups in total. The Labute approximate surface area is 129 Å². The highest BCUT2D eigenvalue weighted by atomic mass is 16.3. The molecule has 2 aliphatic rings. The summed E-state index contributed by atoms with van der Waals surface area (Å²) in [6, 6.07) is 9.46. The summed E-state index contributed by atoms with van der Waals surface area (Å²) >= 11 is 0. The lowest BCUT2D eigenvalue weighted by Crippen LogP contribution is -2.43. The minimum atomic E-state index is -0.364. The third kappa shape index (κ3) is 3.02. The second-order valence-corrected chi connectivity index (χ2v) is 6.92. The second kappa shape index (κ2) is 6.50. The molecule has 2 nitrogen and oxygen atoms in total. The number of fused-ring (bicyclic) bond motifs is 1. The topological polar surface area (TPSA) is 23.5 Å². The van der Waals surface area contributed by atoms with Crippen LogP contribution in [-0.2, 0) is 6.42 Å². The largest absolute Gasteiger partial charge is 0.387 e. The number of aryl methyl sites for hydroxylation is 1. The maximum atomic E-state index is 10.8. The van der Waals surface area contributed by atoms with Gasteiger partial charge in [-0.05, 0) is 56.2 Å². The van der Waals surface area contributed by atoms with E-state index in [1.807, 2.05) is 0 Å². The van der Waals surface area contributed by atoms with E-state index < -0.39 is 0 Å². The molecule has 0 amide bonds. The Morgan fingerprint density at radius 2 is 1.86 bits per heavy atom. The van der Waals surface area contributed by atoms with E-state index in [2.05, 4.69) is 43.0 Å². The summed E-state index contributed by atoms with van der Waals surface area (Å²) in [5.74, 6) is 0.885. The minimum Gasteiger partial charge on any atom is -0.387 e. The molecule has 1 aliphatic carbocycles. The van der Waals surface area contributed by atoms with Crippen molar-refractivity contribution in [3.63, 3.8) is 0 Å².